The predicted molar refractivity (Wildman–Crippen MR) is 99.1 cm³/mol. The molecule has 1 aliphatic rings. The first-order valence-corrected chi connectivity index (χ1v) is 9.17. The van der Waals surface area contributed by atoms with E-state index in [1.807, 2.05) is 38.1 Å². The number of benzene rings is 1. The molecule has 1 heterocycles. The number of urea groups is 1. The first-order chi connectivity index (χ1) is 12.1. The molecule has 2 rings (SSSR count). The van der Waals surface area contributed by atoms with Crippen molar-refractivity contribution in [3.8, 4) is 5.75 Å². The van der Waals surface area contributed by atoms with Crippen LogP contribution >= 0.6 is 0 Å². The Morgan fingerprint density at radius 3 is 2.60 bits per heavy atom. The number of amides is 3. The van der Waals surface area contributed by atoms with Crippen LogP contribution in [0.4, 0.5) is 10.5 Å². The molecular formula is C19H29N3O3. The van der Waals surface area contributed by atoms with Gasteiger partial charge in [-0.1, -0.05) is 13.3 Å². The maximum absolute atomic E-state index is 12.4. The Kier molecular flexibility index (Phi) is 7.10. The minimum atomic E-state index is -0.151. The Morgan fingerprint density at radius 1 is 1.28 bits per heavy atom. The topological polar surface area (TPSA) is 61.9 Å². The Labute approximate surface area is 150 Å². The number of unbranched alkanes of at least 4 members (excludes halogenated alkanes) is 1. The fourth-order valence-corrected chi connectivity index (χ4v) is 2.96. The van der Waals surface area contributed by atoms with Gasteiger partial charge in [0.25, 0.3) is 0 Å². The zero-order chi connectivity index (χ0) is 18.2. The standard InChI is InChI=1S/C19H29N3O3/c1-4-7-12-21(5-2)19(24)20-15-13-18(23)22(14-15)16-8-10-17(11-9-16)25-6-3/h8-11,15H,4-7,12-14H2,1-3H3,(H,20,24)/t15-/m1/s1. The third-order valence-corrected chi connectivity index (χ3v) is 4.36. The molecule has 0 saturated carbocycles. The minimum Gasteiger partial charge on any atom is -0.494 e. The van der Waals surface area contributed by atoms with E-state index in [0.717, 1.165) is 30.8 Å². The molecule has 1 atom stereocenters. The van der Waals surface area contributed by atoms with Crippen molar-refractivity contribution in [2.75, 3.05) is 31.1 Å². The predicted octanol–water partition coefficient (Wildman–Crippen LogP) is 3.02. The molecule has 25 heavy (non-hydrogen) atoms. The van der Waals surface area contributed by atoms with Gasteiger partial charge in [0, 0.05) is 31.7 Å². The highest BCUT2D eigenvalue weighted by Crippen LogP contribution is 2.24. The highest BCUT2D eigenvalue weighted by atomic mass is 16.5. The van der Waals surface area contributed by atoms with Crippen molar-refractivity contribution in [3.05, 3.63) is 24.3 Å². The van der Waals surface area contributed by atoms with Gasteiger partial charge < -0.3 is 19.9 Å². The van der Waals surface area contributed by atoms with Crippen LogP contribution < -0.4 is 15.0 Å². The maximum Gasteiger partial charge on any atom is 0.317 e. The third-order valence-electron chi connectivity index (χ3n) is 4.36. The first kappa shape index (κ1) is 19.1. The van der Waals surface area contributed by atoms with E-state index in [4.69, 9.17) is 4.74 Å². The van der Waals surface area contributed by atoms with Crippen LogP contribution in [0.1, 0.15) is 40.0 Å². The van der Waals surface area contributed by atoms with Crippen molar-refractivity contribution in [2.24, 2.45) is 0 Å². The molecule has 1 N–H and O–H groups in total. The van der Waals surface area contributed by atoms with Gasteiger partial charge in [0.15, 0.2) is 0 Å². The van der Waals surface area contributed by atoms with Gasteiger partial charge in [0.05, 0.1) is 12.6 Å². The smallest absolute Gasteiger partial charge is 0.317 e. The molecule has 1 aromatic rings. The van der Waals surface area contributed by atoms with E-state index in [2.05, 4.69) is 12.2 Å². The number of hydrogen-bond donors (Lipinski definition) is 1. The number of ether oxygens (including phenoxy) is 1. The summed E-state index contributed by atoms with van der Waals surface area (Å²) >= 11 is 0. The Morgan fingerprint density at radius 2 is 2.00 bits per heavy atom. The SMILES string of the molecule is CCCCN(CC)C(=O)N[C@@H]1CC(=O)N(c2ccc(OCC)cc2)C1. The second-order valence-electron chi connectivity index (χ2n) is 6.22. The number of hydrogen-bond acceptors (Lipinski definition) is 3. The first-order valence-electron chi connectivity index (χ1n) is 9.17. The third kappa shape index (κ3) is 5.11. The van der Waals surface area contributed by atoms with Gasteiger partial charge in [-0.2, -0.15) is 0 Å². The minimum absolute atomic E-state index is 0.0334. The van der Waals surface area contributed by atoms with Crippen LogP contribution in [-0.2, 0) is 4.79 Å². The Bertz CT molecular complexity index is 574. The lowest BCUT2D eigenvalue weighted by Gasteiger charge is -2.23. The summed E-state index contributed by atoms with van der Waals surface area (Å²) in [7, 11) is 0. The number of rotatable bonds is 8. The van der Waals surface area contributed by atoms with E-state index < -0.39 is 0 Å². The van der Waals surface area contributed by atoms with Crippen LogP contribution in [-0.4, -0.2) is 49.1 Å². The molecule has 3 amide bonds. The van der Waals surface area contributed by atoms with E-state index in [1.165, 1.54) is 0 Å². The summed E-state index contributed by atoms with van der Waals surface area (Å²) in [6.07, 6.45) is 2.38. The monoisotopic (exact) mass is 347 g/mol. The van der Waals surface area contributed by atoms with E-state index >= 15 is 0 Å². The summed E-state index contributed by atoms with van der Waals surface area (Å²) in [6, 6.07) is 7.26. The molecule has 0 aliphatic carbocycles. The zero-order valence-corrected chi connectivity index (χ0v) is 15.5. The molecule has 6 heteroatoms. The lowest BCUT2D eigenvalue weighted by atomic mass is 10.2. The van der Waals surface area contributed by atoms with Gasteiger partial charge in [-0.3, -0.25) is 4.79 Å². The Hall–Kier alpha value is -2.24. The number of anilines is 1. The summed E-state index contributed by atoms with van der Waals surface area (Å²) in [6.45, 7) is 8.56. The summed E-state index contributed by atoms with van der Waals surface area (Å²) < 4.78 is 5.43. The molecule has 138 valence electrons. The van der Waals surface area contributed by atoms with Gasteiger partial charge >= 0.3 is 6.03 Å². The molecule has 0 spiro atoms. The lowest BCUT2D eigenvalue weighted by molar-refractivity contribution is -0.117. The molecule has 6 nitrogen and oxygen atoms in total. The van der Waals surface area contributed by atoms with Crippen molar-refractivity contribution >= 4 is 17.6 Å². The van der Waals surface area contributed by atoms with Gasteiger partial charge in [-0.15, -0.1) is 0 Å². The van der Waals surface area contributed by atoms with Crippen molar-refractivity contribution in [2.45, 2.75) is 46.1 Å². The normalized spacial score (nSPS) is 16.8. The van der Waals surface area contributed by atoms with Crippen molar-refractivity contribution in [3.63, 3.8) is 0 Å². The van der Waals surface area contributed by atoms with Crippen molar-refractivity contribution < 1.29 is 14.3 Å². The number of nitrogens with zero attached hydrogens (tertiary/aromatic N) is 2. The summed E-state index contributed by atoms with van der Waals surface area (Å²) in [4.78, 5) is 28.2. The van der Waals surface area contributed by atoms with Gasteiger partial charge in [-0.05, 0) is 44.5 Å². The number of carbonyl (C=O) groups excluding carboxylic acids is 2. The zero-order valence-electron chi connectivity index (χ0n) is 15.5. The fourth-order valence-electron chi connectivity index (χ4n) is 2.96. The molecule has 0 aromatic heterocycles. The highest BCUT2D eigenvalue weighted by Gasteiger charge is 2.32. The van der Waals surface area contributed by atoms with Crippen LogP contribution in [0, 0.1) is 0 Å². The van der Waals surface area contributed by atoms with Crippen molar-refractivity contribution in [1.82, 2.24) is 10.2 Å². The van der Waals surface area contributed by atoms with Crippen LogP contribution in [0.15, 0.2) is 24.3 Å². The number of nitrogens with one attached hydrogen (secondary N) is 1. The average molecular weight is 347 g/mol. The molecule has 1 fully saturated rings. The van der Waals surface area contributed by atoms with Gasteiger partial charge in [0.1, 0.15) is 5.75 Å². The summed E-state index contributed by atoms with van der Waals surface area (Å²) in [5, 5.41) is 3.00. The molecular weight excluding hydrogens is 318 g/mol. The van der Waals surface area contributed by atoms with Crippen LogP contribution in [0.5, 0.6) is 5.75 Å². The maximum atomic E-state index is 12.4. The molecule has 1 aromatic carbocycles. The van der Waals surface area contributed by atoms with E-state index in [1.54, 1.807) is 9.80 Å². The van der Waals surface area contributed by atoms with Gasteiger partial charge in [0.2, 0.25) is 5.91 Å². The second kappa shape index (κ2) is 9.30. The molecule has 1 aliphatic heterocycles. The molecule has 0 radical (unpaired) electrons. The summed E-state index contributed by atoms with van der Waals surface area (Å²) in [5.41, 5.74) is 0.837. The van der Waals surface area contributed by atoms with E-state index in [9.17, 15) is 9.59 Å². The summed E-state index contributed by atoms with van der Waals surface area (Å²) in [5.74, 6) is 0.823. The largest absolute Gasteiger partial charge is 0.494 e. The highest BCUT2D eigenvalue weighted by molar-refractivity contribution is 5.96. The fraction of sp³-hybridized carbons (Fsp3) is 0.579. The lowest BCUT2D eigenvalue weighted by Crippen LogP contribution is -2.46. The van der Waals surface area contributed by atoms with Crippen molar-refractivity contribution in [1.29, 1.82) is 0 Å². The van der Waals surface area contributed by atoms with E-state index in [-0.39, 0.29) is 18.0 Å². The van der Waals surface area contributed by atoms with Crippen LogP contribution in [0.25, 0.3) is 0 Å². The quantitative estimate of drug-likeness (QED) is 0.786. The van der Waals surface area contributed by atoms with Crippen LogP contribution in [0.3, 0.4) is 0 Å². The molecule has 0 bridgehead atoms. The number of carbonyl (C=O) groups is 2. The Balaban J connectivity index is 1.93. The second-order valence-corrected chi connectivity index (χ2v) is 6.22. The molecule has 0 unspecified atom stereocenters. The van der Waals surface area contributed by atoms with E-state index in [0.29, 0.717) is 26.1 Å². The average Bonchev–Trinajstić information content (AvgIpc) is 2.97. The molecule has 1 saturated heterocycles. The van der Waals surface area contributed by atoms with Gasteiger partial charge in [-0.25, -0.2) is 4.79 Å². The van der Waals surface area contributed by atoms with Crippen LogP contribution in [0.2, 0.25) is 0 Å².